The number of ether oxygens (including phenoxy) is 1. The average Bonchev–Trinajstić information content (AvgIpc) is 2.33. The first-order chi connectivity index (χ1) is 8.59. The van der Waals surface area contributed by atoms with E-state index in [2.05, 4.69) is 26.1 Å². The standard InChI is InChI=1S/C15H25NO2/c1-12(2)18-10-5-4-9-16-13(3)14-7-6-8-15(17)11-14/h6-8,11-13,16-17H,4-5,9-10H2,1-3H3. The lowest BCUT2D eigenvalue weighted by atomic mass is 10.1. The third-order valence-corrected chi connectivity index (χ3v) is 2.84. The monoisotopic (exact) mass is 251 g/mol. The molecule has 0 amide bonds. The van der Waals surface area contributed by atoms with Crippen molar-refractivity contribution in [2.24, 2.45) is 0 Å². The van der Waals surface area contributed by atoms with E-state index in [0.29, 0.717) is 11.9 Å². The second-order valence-electron chi connectivity index (χ2n) is 4.90. The Morgan fingerprint density at radius 1 is 1.22 bits per heavy atom. The van der Waals surface area contributed by atoms with E-state index in [1.807, 2.05) is 12.1 Å². The summed E-state index contributed by atoms with van der Waals surface area (Å²) in [7, 11) is 0. The quantitative estimate of drug-likeness (QED) is 0.697. The number of unbranched alkanes of at least 4 members (excludes halogenated alkanes) is 1. The summed E-state index contributed by atoms with van der Waals surface area (Å²) in [5.74, 6) is 0.325. The molecule has 0 saturated carbocycles. The Balaban J connectivity index is 2.15. The highest BCUT2D eigenvalue weighted by molar-refractivity contribution is 5.28. The molecule has 0 heterocycles. The van der Waals surface area contributed by atoms with Gasteiger partial charge in [0.15, 0.2) is 0 Å². The summed E-state index contributed by atoms with van der Waals surface area (Å²) in [6.45, 7) is 8.03. The van der Waals surface area contributed by atoms with Gasteiger partial charge in [0.05, 0.1) is 6.10 Å². The lowest BCUT2D eigenvalue weighted by molar-refractivity contribution is 0.0759. The zero-order valence-corrected chi connectivity index (χ0v) is 11.6. The fraction of sp³-hybridized carbons (Fsp3) is 0.600. The first-order valence-electron chi connectivity index (χ1n) is 6.73. The molecule has 0 fully saturated rings. The van der Waals surface area contributed by atoms with E-state index < -0.39 is 0 Å². The van der Waals surface area contributed by atoms with Gasteiger partial charge in [-0.1, -0.05) is 12.1 Å². The highest BCUT2D eigenvalue weighted by Crippen LogP contribution is 2.17. The van der Waals surface area contributed by atoms with E-state index in [1.54, 1.807) is 12.1 Å². The van der Waals surface area contributed by atoms with Crippen LogP contribution in [0.3, 0.4) is 0 Å². The van der Waals surface area contributed by atoms with Crippen LogP contribution in [-0.4, -0.2) is 24.4 Å². The summed E-state index contributed by atoms with van der Waals surface area (Å²) in [5.41, 5.74) is 1.12. The van der Waals surface area contributed by atoms with Crippen LogP contribution in [0.5, 0.6) is 5.75 Å². The van der Waals surface area contributed by atoms with Crippen molar-refractivity contribution in [1.29, 1.82) is 0 Å². The molecule has 1 atom stereocenters. The number of nitrogens with one attached hydrogen (secondary N) is 1. The minimum absolute atomic E-state index is 0.267. The van der Waals surface area contributed by atoms with E-state index in [1.165, 1.54) is 0 Å². The van der Waals surface area contributed by atoms with Gasteiger partial charge in [-0.3, -0.25) is 0 Å². The molecule has 3 heteroatoms. The Labute approximate surface area is 110 Å². The van der Waals surface area contributed by atoms with Crippen molar-refractivity contribution in [2.45, 2.75) is 45.8 Å². The second-order valence-corrected chi connectivity index (χ2v) is 4.90. The van der Waals surface area contributed by atoms with Crippen LogP contribution in [0.1, 0.15) is 45.2 Å². The Bertz CT molecular complexity index is 339. The van der Waals surface area contributed by atoms with Crippen LogP contribution in [0.15, 0.2) is 24.3 Å². The normalized spacial score (nSPS) is 12.9. The fourth-order valence-electron chi connectivity index (χ4n) is 1.78. The van der Waals surface area contributed by atoms with Crippen LogP contribution in [-0.2, 0) is 4.74 Å². The summed E-state index contributed by atoms with van der Waals surface area (Å²) in [6.07, 6.45) is 2.51. The van der Waals surface area contributed by atoms with Crippen molar-refractivity contribution >= 4 is 0 Å². The Hall–Kier alpha value is -1.06. The molecule has 0 aromatic heterocycles. The Kier molecular flexibility index (Phi) is 6.76. The number of benzene rings is 1. The SMILES string of the molecule is CC(C)OCCCCNC(C)c1cccc(O)c1. The first-order valence-corrected chi connectivity index (χ1v) is 6.73. The molecule has 0 aliphatic heterocycles. The lowest BCUT2D eigenvalue weighted by Gasteiger charge is -2.14. The van der Waals surface area contributed by atoms with Crippen LogP contribution in [0.2, 0.25) is 0 Å². The highest BCUT2D eigenvalue weighted by atomic mass is 16.5. The largest absolute Gasteiger partial charge is 0.508 e. The Morgan fingerprint density at radius 2 is 2.00 bits per heavy atom. The molecule has 0 radical (unpaired) electrons. The minimum Gasteiger partial charge on any atom is -0.508 e. The third-order valence-electron chi connectivity index (χ3n) is 2.84. The van der Waals surface area contributed by atoms with Gasteiger partial charge in [-0.2, -0.15) is 0 Å². The van der Waals surface area contributed by atoms with Crippen molar-refractivity contribution in [3.63, 3.8) is 0 Å². The molecular weight excluding hydrogens is 226 g/mol. The maximum absolute atomic E-state index is 9.41. The molecular formula is C15H25NO2. The van der Waals surface area contributed by atoms with Crippen molar-refractivity contribution in [3.8, 4) is 5.75 Å². The van der Waals surface area contributed by atoms with Crippen LogP contribution in [0.4, 0.5) is 0 Å². The van der Waals surface area contributed by atoms with E-state index in [0.717, 1.165) is 31.6 Å². The summed E-state index contributed by atoms with van der Waals surface area (Å²) in [5, 5.41) is 12.9. The smallest absolute Gasteiger partial charge is 0.115 e. The number of hydrogen-bond donors (Lipinski definition) is 2. The molecule has 3 nitrogen and oxygen atoms in total. The van der Waals surface area contributed by atoms with Crippen LogP contribution >= 0.6 is 0 Å². The van der Waals surface area contributed by atoms with Crippen molar-refractivity contribution < 1.29 is 9.84 Å². The third kappa shape index (κ3) is 6.03. The van der Waals surface area contributed by atoms with Gasteiger partial charge >= 0.3 is 0 Å². The predicted molar refractivity (Wildman–Crippen MR) is 74.8 cm³/mol. The lowest BCUT2D eigenvalue weighted by Crippen LogP contribution is -2.20. The second kappa shape index (κ2) is 8.11. The molecule has 1 unspecified atom stereocenters. The molecule has 2 N–H and O–H groups in total. The highest BCUT2D eigenvalue weighted by Gasteiger charge is 2.04. The topological polar surface area (TPSA) is 41.5 Å². The van der Waals surface area contributed by atoms with Gasteiger partial charge in [-0.15, -0.1) is 0 Å². The van der Waals surface area contributed by atoms with Gasteiger partial charge in [-0.05, 0) is 57.9 Å². The molecule has 0 aliphatic carbocycles. The average molecular weight is 251 g/mol. The molecule has 18 heavy (non-hydrogen) atoms. The predicted octanol–water partition coefficient (Wildman–Crippen LogP) is 3.25. The molecule has 1 aromatic rings. The van der Waals surface area contributed by atoms with E-state index in [-0.39, 0.29) is 6.04 Å². The van der Waals surface area contributed by atoms with Crippen LogP contribution in [0.25, 0.3) is 0 Å². The molecule has 0 spiro atoms. The first kappa shape index (κ1) is 15.0. The summed E-state index contributed by atoms with van der Waals surface area (Å²) < 4.78 is 5.49. The number of phenolic OH excluding ortho intramolecular Hbond substituents is 1. The van der Waals surface area contributed by atoms with Gasteiger partial charge < -0.3 is 15.2 Å². The summed E-state index contributed by atoms with van der Waals surface area (Å²) >= 11 is 0. The molecule has 1 rings (SSSR count). The van der Waals surface area contributed by atoms with Gasteiger partial charge in [-0.25, -0.2) is 0 Å². The van der Waals surface area contributed by atoms with E-state index in [9.17, 15) is 5.11 Å². The maximum atomic E-state index is 9.41. The van der Waals surface area contributed by atoms with E-state index >= 15 is 0 Å². The van der Waals surface area contributed by atoms with Crippen molar-refractivity contribution in [3.05, 3.63) is 29.8 Å². The number of rotatable bonds is 8. The fourth-order valence-corrected chi connectivity index (χ4v) is 1.78. The molecule has 0 bridgehead atoms. The maximum Gasteiger partial charge on any atom is 0.115 e. The molecule has 0 aliphatic rings. The minimum atomic E-state index is 0.267. The summed E-state index contributed by atoms with van der Waals surface area (Å²) in [4.78, 5) is 0. The molecule has 0 saturated heterocycles. The van der Waals surface area contributed by atoms with Crippen LogP contribution in [0, 0.1) is 0 Å². The summed E-state index contributed by atoms with van der Waals surface area (Å²) in [6, 6.07) is 7.67. The van der Waals surface area contributed by atoms with Gasteiger partial charge in [0.2, 0.25) is 0 Å². The number of phenols is 1. The number of hydrogen-bond acceptors (Lipinski definition) is 3. The Morgan fingerprint density at radius 3 is 2.67 bits per heavy atom. The van der Waals surface area contributed by atoms with Gasteiger partial charge in [0.25, 0.3) is 0 Å². The zero-order valence-electron chi connectivity index (χ0n) is 11.6. The number of aromatic hydroxyl groups is 1. The molecule has 102 valence electrons. The van der Waals surface area contributed by atoms with Gasteiger partial charge in [0.1, 0.15) is 5.75 Å². The van der Waals surface area contributed by atoms with Crippen molar-refractivity contribution in [2.75, 3.05) is 13.2 Å². The molecule has 1 aromatic carbocycles. The zero-order chi connectivity index (χ0) is 13.4. The van der Waals surface area contributed by atoms with Crippen molar-refractivity contribution in [1.82, 2.24) is 5.32 Å². The van der Waals surface area contributed by atoms with Crippen LogP contribution < -0.4 is 5.32 Å². The van der Waals surface area contributed by atoms with Gasteiger partial charge in [0, 0.05) is 12.6 Å². The van der Waals surface area contributed by atoms with E-state index in [4.69, 9.17) is 4.74 Å².